The second-order valence-electron chi connectivity index (χ2n) is 8.73. The minimum Gasteiger partial charge on any atom is -0.322 e. The molecule has 1 aliphatic heterocycles. The molecule has 0 spiro atoms. The second-order valence-corrected chi connectivity index (χ2v) is 10.8. The van der Waals surface area contributed by atoms with E-state index in [9.17, 15) is 14.4 Å². The fraction of sp³-hybridized carbons (Fsp3) is 0.269. The number of carbonyl (C=O) groups is 3. The van der Waals surface area contributed by atoms with Gasteiger partial charge in [-0.3, -0.25) is 19.7 Å². The van der Waals surface area contributed by atoms with E-state index in [2.05, 4.69) is 15.2 Å². The summed E-state index contributed by atoms with van der Waals surface area (Å²) in [5, 5.41) is 5.96. The van der Waals surface area contributed by atoms with Crippen LogP contribution in [0.25, 0.3) is 11.1 Å². The van der Waals surface area contributed by atoms with Crippen molar-refractivity contribution in [3.05, 3.63) is 73.8 Å². The van der Waals surface area contributed by atoms with E-state index in [1.54, 1.807) is 17.4 Å². The molecule has 3 heterocycles. The molecule has 3 aromatic rings. The van der Waals surface area contributed by atoms with Crippen LogP contribution in [0.3, 0.4) is 0 Å². The van der Waals surface area contributed by atoms with Gasteiger partial charge in [-0.25, -0.2) is 0 Å². The van der Waals surface area contributed by atoms with Crippen molar-refractivity contribution in [3.63, 3.8) is 0 Å². The van der Waals surface area contributed by atoms with Crippen molar-refractivity contribution >= 4 is 51.9 Å². The van der Waals surface area contributed by atoms with Crippen LogP contribution in [0.1, 0.15) is 56.2 Å². The Bertz CT molecular complexity index is 1360. The molecule has 0 bridgehead atoms. The van der Waals surface area contributed by atoms with Gasteiger partial charge in [-0.15, -0.1) is 11.3 Å². The Balaban J connectivity index is 1.59. The molecule has 0 atom stereocenters. The molecule has 6 nitrogen and oxygen atoms in total. The van der Waals surface area contributed by atoms with Crippen molar-refractivity contribution in [2.24, 2.45) is 0 Å². The third-order valence-electron chi connectivity index (χ3n) is 6.29. The van der Waals surface area contributed by atoms with E-state index < -0.39 is 0 Å². The van der Waals surface area contributed by atoms with Crippen molar-refractivity contribution in [2.75, 3.05) is 5.32 Å². The number of thioether (sulfide) groups is 1. The number of nitrogens with zero attached hydrogens (tertiary/aromatic N) is 1. The lowest BCUT2D eigenvalue weighted by Gasteiger charge is -2.14. The van der Waals surface area contributed by atoms with Crippen molar-refractivity contribution in [3.8, 4) is 5.00 Å². The second kappa shape index (κ2) is 8.92. The van der Waals surface area contributed by atoms with E-state index in [0.29, 0.717) is 4.91 Å². The predicted octanol–water partition coefficient (Wildman–Crippen LogP) is 5.92. The number of rotatable bonds is 4. The highest BCUT2D eigenvalue weighted by Gasteiger charge is 2.29. The molecule has 1 saturated heterocycles. The topological polar surface area (TPSA) is 80.2 Å². The van der Waals surface area contributed by atoms with E-state index >= 15 is 0 Å². The van der Waals surface area contributed by atoms with Crippen LogP contribution in [-0.4, -0.2) is 21.6 Å². The van der Waals surface area contributed by atoms with Crippen molar-refractivity contribution in [1.29, 1.82) is 0 Å². The summed E-state index contributed by atoms with van der Waals surface area (Å²) in [5.74, 6) is -0.466. The number of aryl methyl sites for hydroxylation is 3. The van der Waals surface area contributed by atoms with Gasteiger partial charge in [0.05, 0.1) is 10.5 Å². The molecule has 174 valence electrons. The molecule has 1 fully saturated rings. The first kappa shape index (κ1) is 22.7. The summed E-state index contributed by atoms with van der Waals surface area (Å²) in [6.07, 6.45) is 5.85. The lowest BCUT2D eigenvalue weighted by molar-refractivity contribution is -0.115. The van der Waals surface area contributed by atoms with Crippen LogP contribution in [0.2, 0.25) is 0 Å². The normalized spacial score (nSPS) is 16.6. The molecule has 1 aromatic carbocycles. The Morgan fingerprint density at radius 3 is 2.53 bits per heavy atom. The van der Waals surface area contributed by atoms with Gasteiger partial charge in [0.2, 0.25) is 0 Å². The highest BCUT2D eigenvalue weighted by atomic mass is 32.2. The van der Waals surface area contributed by atoms with Gasteiger partial charge in [0.1, 0.15) is 5.00 Å². The zero-order valence-electron chi connectivity index (χ0n) is 19.3. The molecule has 0 radical (unpaired) electrons. The smallest absolute Gasteiger partial charge is 0.290 e. The summed E-state index contributed by atoms with van der Waals surface area (Å²) < 4.78 is 2.11. The van der Waals surface area contributed by atoms with Crippen molar-refractivity contribution in [2.45, 2.75) is 46.5 Å². The Hall–Kier alpha value is -3.10. The largest absolute Gasteiger partial charge is 0.322 e. The third kappa shape index (κ3) is 4.12. The maximum absolute atomic E-state index is 13.6. The summed E-state index contributed by atoms with van der Waals surface area (Å²) in [7, 11) is 0. The Morgan fingerprint density at radius 1 is 1.09 bits per heavy atom. The van der Waals surface area contributed by atoms with Crippen molar-refractivity contribution < 1.29 is 14.4 Å². The number of thiophene rings is 1. The standard InChI is InChI=1S/C26H25N3O3S2/c1-14-8-10-18(11-9-14)27-24(31)22-19-6-4-5-7-20(19)33-25(22)29-15(2)12-17(16(29)3)13-21-23(30)28-26(32)34-21/h8-13H,4-7H2,1-3H3,(H,27,31)(H,28,30,32)/b21-13+. The maximum Gasteiger partial charge on any atom is 0.290 e. The van der Waals surface area contributed by atoms with Crippen LogP contribution >= 0.6 is 23.1 Å². The number of hydrogen-bond donors (Lipinski definition) is 2. The van der Waals surface area contributed by atoms with E-state index in [-0.39, 0.29) is 17.1 Å². The van der Waals surface area contributed by atoms with Gasteiger partial charge in [-0.1, -0.05) is 17.7 Å². The molecule has 2 N–H and O–H groups in total. The number of aromatic nitrogens is 1. The fourth-order valence-electron chi connectivity index (χ4n) is 4.58. The molecule has 1 aliphatic carbocycles. The molecule has 5 rings (SSSR count). The Labute approximate surface area is 206 Å². The molecular weight excluding hydrogens is 466 g/mol. The number of hydrogen-bond acceptors (Lipinski definition) is 5. The van der Waals surface area contributed by atoms with Gasteiger partial charge in [0.15, 0.2) is 0 Å². The molecule has 34 heavy (non-hydrogen) atoms. The van der Waals surface area contributed by atoms with E-state index in [1.165, 1.54) is 4.88 Å². The molecule has 3 amide bonds. The number of fused-ring (bicyclic) bond motifs is 1. The molecule has 8 heteroatoms. The van der Waals surface area contributed by atoms with E-state index in [0.717, 1.165) is 81.8 Å². The van der Waals surface area contributed by atoms with Gasteiger partial charge >= 0.3 is 0 Å². The lowest BCUT2D eigenvalue weighted by Crippen LogP contribution is -2.17. The van der Waals surface area contributed by atoms with Crippen LogP contribution < -0.4 is 10.6 Å². The fourth-order valence-corrected chi connectivity index (χ4v) is 6.75. The number of nitrogens with one attached hydrogen (secondary N) is 2. The summed E-state index contributed by atoms with van der Waals surface area (Å²) in [4.78, 5) is 38.9. The van der Waals surface area contributed by atoms with Gasteiger partial charge in [-0.2, -0.15) is 0 Å². The highest BCUT2D eigenvalue weighted by molar-refractivity contribution is 8.18. The predicted molar refractivity (Wildman–Crippen MR) is 138 cm³/mol. The van der Waals surface area contributed by atoms with Gasteiger partial charge < -0.3 is 9.88 Å². The van der Waals surface area contributed by atoms with Crippen LogP contribution in [0.5, 0.6) is 0 Å². The zero-order valence-corrected chi connectivity index (χ0v) is 20.9. The number of imide groups is 1. The number of carbonyl (C=O) groups excluding carboxylic acids is 3. The molecular formula is C26H25N3O3S2. The van der Waals surface area contributed by atoms with Crippen molar-refractivity contribution in [1.82, 2.24) is 9.88 Å². The Kier molecular flexibility index (Phi) is 5.95. The first-order valence-corrected chi connectivity index (χ1v) is 12.9. The summed E-state index contributed by atoms with van der Waals surface area (Å²) in [6.45, 7) is 6.01. The number of amides is 3. The number of benzene rings is 1. The average Bonchev–Trinajstić information content (AvgIpc) is 3.42. The minimum atomic E-state index is -0.371. The monoisotopic (exact) mass is 491 g/mol. The van der Waals surface area contributed by atoms with Crippen LogP contribution in [0, 0.1) is 20.8 Å². The average molecular weight is 492 g/mol. The quantitative estimate of drug-likeness (QED) is 0.444. The van der Waals surface area contributed by atoms with Crippen LogP contribution in [-0.2, 0) is 17.6 Å². The minimum absolute atomic E-state index is 0.0954. The first-order valence-electron chi connectivity index (χ1n) is 11.3. The summed E-state index contributed by atoms with van der Waals surface area (Å²) in [5.41, 5.74) is 6.58. The highest BCUT2D eigenvalue weighted by Crippen LogP contribution is 2.39. The summed E-state index contributed by atoms with van der Waals surface area (Å²) >= 11 is 2.60. The first-order chi connectivity index (χ1) is 16.3. The summed E-state index contributed by atoms with van der Waals surface area (Å²) in [6, 6.07) is 9.82. The SMILES string of the molecule is Cc1ccc(NC(=O)c2c(-n3c(C)cc(/C=C4/SC(=O)NC4=O)c3C)sc3c2CCCC3)cc1. The van der Waals surface area contributed by atoms with Gasteiger partial charge in [0.25, 0.3) is 17.1 Å². The van der Waals surface area contributed by atoms with Gasteiger partial charge in [0, 0.05) is 22.0 Å². The molecule has 0 saturated carbocycles. The molecule has 2 aromatic heterocycles. The van der Waals surface area contributed by atoms with Crippen LogP contribution in [0.4, 0.5) is 10.5 Å². The molecule has 0 unspecified atom stereocenters. The van der Waals surface area contributed by atoms with E-state index in [4.69, 9.17) is 0 Å². The van der Waals surface area contributed by atoms with Crippen LogP contribution in [0.15, 0.2) is 35.2 Å². The Morgan fingerprint density at radius 2 is 1.82 bits per heavy atom. The maximum atomic E-state index is 13.6. The van der Waals surface area contributed by atoms with Gasteiger partial charge in [-0.05, 0) is 93.6 Å². The number of anilines is 1. The molecule has 2 aliphatic rings. The lowest BCUT2D eigenvalue weighted by atomic mass is 9.95. The zero-order chi connectivity index (χ0) is 24.0. The third-order valence-corrected chi connectivity index (χ3v) is 8.38. The van der Waals surface area contributed by atoms with E-state index in [1.807, 2.05) is 51.1 Å².